The molecule has 11 heavy (non-hydrogen) atoms. The molecule has 0 saturated carbocycles. The van der Waals surface area contributed by atoms with Crippen LogP contribution in [0.25, 0.3) is 0 Å². The summed E-state index contributed by atoms with van der Waals surface area (Å²) in [6, 6.07) is 0. The van der Waals surface area contributed by atoms with Crippen molar-refractivity contribution >= 4 is 5.97 Å². The summed E-state index contributed by atoms with van der Waals surface area (Å²) in [4.78, 5) is 10.9. The normalized spacial score (nSPS) is 21.7. The highest BCUT2D eigenvalue weighted by molar-refractivity contribution is 5.75. The van der Waals surface area contributed by atoms with E-state index in [4.69, 9.17) is 5.11 Å². The highest BCUT2D eigenvalue weighted by Crippen LogP contribution is 2.12. The predicted octanol–water partition coefficient (Wildman–Crippen LogP) is 0.612. The first-order chi connectivity index (χ1) is 5.34. The Hall–Kier alpha value is -1.09. The van der Waals surface area contributed by atoms with Crippen LogP contribution in [-0.2, 0) is 9.53 Å². The largest absolute Gasteiger partial charge is 0.438 e. The van der Waals surface area contributed by atoms with Crippen LogP contribution in [0.3, 0.4) is 0 Å². The molecular formula is C8H10O3. The lowest BCUT2D eigenvalue weighted by Gasteiger charge is -2.09. The summed E-state index contributed by atoms with van der Waals surface area (Å²) < 4.78 is 4.41. The van der Waals surface area contributed by atoms with Crippen molar-refractivity contribution in [1.82, 2.24) is 0 Å². The first kappa shape index (κ1) is 8.01. The zero-order valence-corrected chi connectivity index (χ0v) is 6.06. The SMILES string of the molecule is O=C(OCO)C1C=CC=CC1. The summed E-state index contributed by atoms with van der Waals surface area (Å²) in [6.07, 6.45) is 7.99. The van der Waals surface area contributed by atoms with E-state index in [1.54, 1.807) is 12.2 Å². The fourth-order valence-electron chi connectivity index (χ4n) is 0.926. The van der Waals surface area contributed by atoms with Gasteiger partial charge in [0.1, 0.15) is 0 Å². The molecule has 0 aromatic carbocycles. The van der Waals surface area contributed by atoms with E-state index in [-0.39, 0.29) is 11.9 Å². The zero-order chi connectivity index (χ0) is 8.10. The summed E-state index contributed by atoms with van der Waals surface area (Å²) in [5.41, 5.74) is 0. The number of carbonyl (C=O) groups is 1. The molecule has 1 N–H and O–H groups in total. The first-order valence-electron chi connectivity index (χ1n) is 3.45. The highest BCUT2D eigenvalue weighted by atomic mass is 16.6. The molecular weight excluding hydrogens is 144 g/mol. The van der Waals surface area contributed by atoms with E-state index in [0.717, 1.165) is 0 Å². The number of hydrogen-bond donors (Lipinski definition) is 1. The lowest BCUT2D eigenvalue weighted by Crippen LogP contribution is -2.16. The maximum atomic E-state index is 10.9. The maximum absolute atomic E-state index is 10.9. The summed E-state index contributed by atoms with van der Waals surface area (Å²) in [7, 11) is 0. The molecule has 3 heteroatoms. The minimum Gasteiger partial charge on any atom is -0.438 e. The molecule has 0 bridgehead atoms. The van der Waals surface area contributed by atoms with E-state index in [1.807, 2.05) is 12.2 Å². The Morgan fingerprint density at radius 1 is 1.64 bits per heavy atom. The van der Waals surface area contributed by atoms with Gasteiger partial charge in [0.15, 0.2) is 6.79 Å². The Bertz CT molecular complexity index is 194. The molecule has 0 amide bonds. The molecule has 0 spiro atoms. The van der Waals surface area contributed by atoms with E-state index < -0.39 is 6.79 Å². The third-order valence-electron chi connectivity index (χ3n) is 1.49. The van der Waals surface area contributed by atoms with E-state index in [2.05, 4.69) is 4.74 Å². The van der Waals surface area contributed by atoms with Gasteiger partial charge in [0.25, 0.3) is 0 Å². The number of hydrogen-bond acceptors (Lipinski definition) is 3. The van der Waals surface area contributed by atoms with Crippen molar-refractivity contribution < 1.29 is 14.6 Å². The molecule has 1 unspecified atom stereocenters. The van der Waals surface area contributed by atoms with Gasteiger partial charge >= 0.3 is 5.97 Å². The molecule has 0 aromatic heterocycles. The summed E-state index contributed by atoms with van der Waals surface area (Å²) in [5, 5.41) is 8.28. The molecule has 0 aliphatic heterocycles. The monoisotopic (exact) mass is 154 g/mol. The molecule has 0 saturated heterocycles. The van der Waals surface area contributed by atoms with E-state index in [9.17, 15) is 4.79 Å². The van der Waals surface area contributed by atoms with Crippen LogP contribution in [0.5, 0.6) is 0 Å². The van der Waals surface area contributed by atoms with Gasteiger partial charge in [-0.1, -0.05) is 24.3 Å². The van der Waals surface area contributed by atoms with Gasteiger partial charge in [-0.05, 0) is 6.42 Å². The van der Waals surface area contributed by atoms with Crippen molar-refractivity contribution in [3.8, 4) is 0 Å². The molecule has 0 fully saturated rings. The molecule has 60 valence electrons. The van der Waals surface area contributed by atoms with Crippen molar-refractivity contribution in [2.75, 3.05) is 6.79 Å². The number of aliphatic hydroxyl groups excluding tert-OH is 1. The number of esters is 1. The van der Waals surface area contributed by atoms with Gasteiger partial charge < -0.3 is 9.84 Å². The van der Waals surface area contributed by atoms with Crippen LogP contribution in [0.15, 0.2) is 24.3 Å². The van der Waals surface area contributed by atoms with E-state index in [0.29, 0.717) is 6.42 Å². The second-order valence-electron chi connectivity index (χ2n) is 2.25. The number of aliphatic hydroxyl groups is 1. The molecule has 1 aliphatic rings. The van der Waals surface area contributed by atoms with Crippen molar-refractivity contribution in [2.45, 2.75) is 6.42 Å². The zero-order valence-electron chi connectivity index (χ0n) is 6.06. The van der Waals surface area contributed by atoms with E-state index in [1.165, 1.54) is 0 Å². The maximum Gasteiger partial charge on any atom is 0.315 e. The fourth-order valence-corrected chi connectivity index (χ4v) is 0.926. The number of ether oxygens (including phenoxy) is 1. The number of allylic oxidation sites excluding steroid dienone is 3. The Balaban J connectivity index is 2.42. The summed E-state index contributed by atoms with van der Waals surface area (Å²) in [5.74, 6) is -0.583. The first-order valence-corrected chi connectivity index (χ1v) is 3.45. The average molecular weight is 154 g/mol. The second-order valence-corrected chi connectivity index (χ2v) is 2.25. The quantitative estimate of drug-likeness (QED) is 0.468. The molecule has 0 heterocycles. The van der Waals surface area contributed by atoms with Crippen LogP contribution in [-0.4, -0.2) is 17.9 Å². The smallest absolute Gasteiger partial charge is 0.315 e. The van der Waals surface area contributed by atoms with Crippen LogP contribution in [0.2, 0.25) is 0 Å². The molecule has 1 rings (SSSR count). The van der Waals surface area contributed by atoms with E-state index >= 15 is 0 Å². The molecule has 1 atom stereocenters. The predicted molar refractivity (Wildman–Crippen MR) is 39.6 cm³/mol. The van der Waals surface area contributed by atoms with Gasteiger partial charge in [-0.3, -0.25) is 4.79 Å². The average Bonchev–Trinajstić information content (AvgIpc) is 2.07. The second kappa shape index (κ2) is 3.93. The van der Waals surface area contributed by atoms with Crippen molar-refractivity contribution in [3.63, 3.8) is 0 Å². The highest BCUT2D eigenvalue weighted by Gasteiger charge is 2.15. The number of carbonyl (C=O) groups excluding carboxylic acids is 1. The Morgan fingerprint density at radius 2 is 2.45 bits per heavy atom. The van der Waals surface area contributed by atoms with Crippen molar-refractivity contribution in [2.24, 2.45) is 5.92 Å². The minimum absolute atomic E-state index is 0.216. The lowest BCUT2D eigenvalue weighted by atomic mass is 10.0. The minimum atomic E-state index is -0.535. The topological polar surface area (TPSA) is 46.5 Å². The van der Waals surface area contributed by atoms with Gasteiger partial charge in [-0.2, -0.15) is 0 Å². The Kier molecular flexibility index (Phi) is 2.86. The van der Waals surface area contributed by atoms with Gasteiger partial charge in [0.05, 0.1) is 5.92 Å². The lowest BCUT2D eigenvalue weighted by molar-refractivity contribution is -0.154. The third-order valence-corrected chi connectivity index (χ3v) is 1.49. The standard InChI is InChI=1S/C8H10O3/c9-6-11-8(10)7-4-2-1-3-5-7/h1-4,7,9H,5-6H2. The van der Waals surface area contributed by atoms with Crippen molar-refractivity contribution in [1.29, 1.82) is 0 Å². The molecule has 0 radical (unpaired) electrons. The molecule has 3 nitrogen and oxygen atoms in total. The van der Waals surface area contributed by atoms with Crippen LogP contribution >= 0.6 is 0 Å². The Labute approximate surface area is 65.0 Å². The van der Waals surface area contributed by atoms with Crippen LogP contribution < -0.4 is 0 Å². The fraction of sp³-hybridized carbons (Fsp3) is 0.375. The van der Waals surface area contributed by atoms with Crippen LogP contribution in [0.4, 0.5) is 0 Å². The summed E-state index contributed by atoms with van der Waals surface area (Å²) >= 11 is 0. The van der Waals surface area contributed by atoms with Gasteiger partial charge in [0, 0.05) is 0 Å². The van der Waals surface area contributed by atoms with Gasteiger partial charge in [0.2, 0.25) is 0 Å². The third kappa shape index (κ3) is 2.20. The summed E-state index contributed by atoms with van der Waals surface area (Å²) in [6.45, 7) is -0.535. The molecule has 1 aliphatic carbocycles. The molecule has 0 aromatic rings. The number of rotatable bonds is 2. The van der Waals surface area contributed by atoms with Gasteiger partial charge in [-0.25, -0.2) is 0 Å². The van der Waals surface area contributed by atoms with Gasteiger partial charge in [-0.15, -0.1) is 0 Å². The van der Waals surface area contributed by atoms with Crippen molar-refractivity contribution in [3.05, 3.63) is 24.3 Å². The van der Waals surface area contributed by atoms with Crippen LogP contribution in [0.1, 0.15) is 6.42 Å². The Morgan fingerprint density at radius 3 is 3.00 bits per heavy atom. The van der Waals surface area contributed by atoms with Crippen LogP contribution in [0, 0.1) is 5.92 Å².